The highest BCUT2D eigenvalue weighted by molar-refractivity contribution is 7.87. The molecule has 0 unspecified atom stereocenters. The highest BCUT2D eigenvalue weighted by Gasteiger charge is 2.43. The molecule has 2 heterocycles. The van der Waals surface area contributed by atoms with Crippen LogP contribution in [0.15, 0.2) is 0 Å². The lowest BCUT2D eigenvalue weighted by Crippen LogP contribution is -2.46. The molecule has 2 saturated heterocycles. The van der Waals surface area contributed by atoms with Crippen LogP contribution in [0.25, 0.3) is 0 Å². The summed E-state index contributed by atoms with van der Waals surface area (Å²) in [7, 11) is -3.27. The van der Waals surface area contributed by atoms with Crippen molar-refractivity contribution in [1.82, 2.24) is 14.3 Å². The Kier molecular flexibility index (Phi) is 3.53. The Labute approximate surface area is 97.8 Å². The van der Waals surface area contributed by atoms with Gasteiger partial charge in [0.2, 0.25) is 0 Å². The fourth-order valence-corrected chi connectivity index (χ4v) is 4.12. The van der Waals surface area contributed by atoms with Crippen LogP contribution in [0.3, 0.4) is 0 Å². The first-order chi connectivity index (χ1) is 7.50. The molecule has 0 saturated carbocycles. The highest BCUT2D eigenvalue weighted by atomic mass is 32.2. The summed E-state index contributed by atoms with van der Waals surface area (Å²) >= 11 is 0. The second-order valence-electron chi connectivity index (χ2n) is 5.13. The van der Waals surface area contributed by atoms with Gasteiger partial charge in [0.1, 0.15) is 0 Å². The minimum atomic E-state index is -3.27. The number of nitrogens with one attached hydrogen (secondary N) is 2. The molecule has 2 N–H and O–H groups in total. The van der Waals surface area contributed by atoms with Crippen molar-refractivity contribution in [3.8, 4) is 0 Å². The fraction of sp³-hybridized carbons (Fsp3) is 1.00. The van der Waals surface area contributed by atoms with Crippen molar-refractivity contribution in [2.45, 2.75) is 26.3 Å². The normalized spacial score (nSPS) is 31.2. The summed E-state index contributed by atoms with van der Waals surface area (Å²) in [6, 6.07) is 0.171. The van der Waals surface area contributed by atoms with Gasteiger partial charge in [-0.25, -0.2) is 4.72 Å². The monoisotopic (exact) mass is 247 g/mol. The van der Waals surface area contributed by atoms with Gasteiger partial charge in [-0.3, -0.25) is 0 Å². The van der Waals surface area contributed by atoms with Gasteiger partial charge in [0.15, 0.2) is 0 Å². The second kappa shape index (κ2) is 4.60. The van der Waals surface area contributed by atoms with E-state index in [2.05, 4.69) is 10.0 Å². The predicted octanol–water partition coefficient (Wildman–Crippen LogP) is -0.229. The van der Waals surface area contributed by atoms with Crippen molar-refractivity contribution in [2.24, 2.45) is 11.8 Å². The maximum atomic E-state index is 12.1. The molecular formula is C10H21N3O2S. The average molecular weight is 247 g/mol. The molecule has 6 heteroatoms. The van der Waals surface area contributed by atoms with E-state index >= 15 is 0 Å². The van der Waals surface area contributed by atoms with Crippen molar-refractivity contribution in [2.75, 3.05) is 26.2 Å². The zero-order valence-electron chi connectivity index (χ0n) is 9.94. The third-order valence-corrected chi connectivity index (χ3v) is 4.98. The summed E-state index contributed by atoms with van der Waals surface area (Å²) in [6.45, 7) is 6.96. The molecule has 2 aliphatic heterocycles. The van der Waals surface area contributed by atoms with Gasteiger partial charge in [0.05, 0.1) is 0 Å². The van der Waals surface area contributed by atoms with E-state index in [1.165, 1.54) is 0 Å². The SMILES string of the molecule is CC(C)CNS(=O)(=O)N1CC[C@H]2CNC[C@H]21. The van der Waals surface area contributed by atoms with Crippen LogP contribution in [0.5, 0.6) is 0 Å². The molecule has 94 valence electrons. The van der Waals surface area contributed by atoms with Crippen molar-refractivity contribution >= 4 is 10.2 Å². The minimum Gasteiger partial charge on any atom is -0.315 e. The lowest BCUT2D eigenvalue weighted by atomic mass is 10.1. The summed E-state index contributed by atoms with van der Waals surface area (Å²) in [4.78, 5) is 0. The van der Waals surface area contributed by atoms with E-state index in [4.69, 9.17) is 0 Å². The Bertz CT molecular complexity index is 342. The zero-order chi connectivity index (χ0) is 11.8. The number of hydrogen-bond acceptors (Lipinski definition) is 3. The first kappa shape index (κ1) is 12.3. The van der Waals surface area contributed by atoms with E-state index in [9.17, 15) is 8.42 Å². The number of hydrogen-bond donors (Lipinski definition) is 2. The van der Waals surface area contributed by atoms with Crippen LogP contribution in [0.2, 0.25) is 0 Å². The highest BCUT2D eigenvalue weighted by Crippen LogP contribution is 2.28. The first-order valence-corrected chi connectivity index (χ1v) is 7.42. The Morgan fingerprint density at radius 1 is 1.44 bits per heavy atom. The molecule has 0 aromatic carbocycles. The van der Waals surface area contributed by atoms with E-state index in [1.54, 1.807) is 4.31 Å². The van der Waals surface area contributed by atoms with Crippen LogP contribution >= 0.6 is 0 Å². The van der Waals surface area contributed by atoms with Gasteiger partial charge in [-0.1, -0.05) is 13.8 Å². The minimum absolute atomic E-state index is 0.171. The average Bonchev–Trinajstić information content (AvgIpc) is 2.74. The molecule has 0 radical (unpaired) electrons. The molecule has 2 atom stereocenters. The van der Waals surface area contributed by atoms with Gasteiger partial charge in [0.25, 0.3) is 10.2 Å². The van der Waals surface area contributed by atoms with Gasteiger partial charge in [-0.05, 0) is 24.8 Å². The lowest BCUT2D eigenvalue weighted by Gasteiger charge is -2.23. The Hall–Kier alpha value is -0.170. The van der Waals surface area contributed by atoms with Crippen LogP contribution in [0, 0.1) is 11.8 Å². The van der Waals surface area contributed by atoms with Gasteiger partial charge in [-0.15, -0.1) is 0 Å². The molecule has 2 rings (SSSR count). The molecule has 2 aliphatic rings. The molecule has 0 amide bonds. The Balaban J connectivity index is 2.01. The largest absolute Gasteiger partial charge is 0.315 e. The summed E-state index contributed by atoms with van der Waals surface area (Å²) in [6.07, 6.45) is 0.986. The van der Waals surface area contributed by atoms with Crippen molar-refractivity contribution in [3.05, 3.63) is 0 Å². The standard InChI is InChI=1S/C10H21N3O2S/c1-8(2)5-12-16(14,15)13-4-3-9-6-11-7-10(9)13/h8-12H,3-7H2,1-2H3/t9-,10+/m0/s1. The van der Waals surface area contributed by atoms with E-state index < -0.39 is 10.2 Å². The molecule has 16 heavy (non-hydrogen) atoms. The van der Waals surface area contributed by atoms with E-state index in [0.29, 0.717) is 24.9 Å². The van der Waals surface area contributed by atoms with Gasteiger partial charge in [0, 0.05) is 25.7 Å². The first-order valence-electron chi connectivity index (χ1n) is 5.98. The van der Waals surface area contributed by atoms with E-state index in [-0.39, 0.29) is 6.04 Å². The maximum Gasteiger partial charge on any atom is 0.279 e. The zero-order valence-corrected chi connectivity index (χ0v) is 10.8. The van der Waals surface area contributed by atoms with E-state index in [0.717, 1.165) is 19.5 Å². The molecule has 0 aliphatic carbocycles. The van der Waals surface area contributed by atoms with Crippen LogP contribution in [-0.2, 0) is 10.2 Å². The predicted molar refractivity (Wildman–Crippen MR) is 63.2 cm³/mol. The van der Waals surface area contributed by atoms with Crippen molar-refractivity contribution < 1.29 is 8.42 Å². The van der Waals surface area contributed by atoms with Crippen LogP contribution < -0.4 is 10.0 Å². The van der Waals surface area contributed by atoms with Crippen molar-refractivity contribution in [1.29, 1.82) is 0 Å². The topological polar surface area (TPSA) is 61.4 Å². The molecule has 5 nitrogen and oxygen atoms in total. The molecule has 2 fully saturated rings. The summed E-state index contributed by atoms with van der Waals surface area (Å²) in [5.41, 5.74) is 0. The second-order valence-corrected chi connectivity index (χ2v) is 6.84. The van der Waals surface area contributed by atoms with Gasteiger partial charge >= 0.3 is 0 Å². The van der Waals surface area contributed by atoms with Crippen LogP contribution in [0.4, 0.5) is 0 Å². The summed E-state index contributed by atoms with van der Waals surface area (Å²) < 4.78 is 28.5. The maximum absolute atomic E-state index is 12.1. The molecule has 0 aromatic rings. The molecular weight excluding hydrogens is 226 g/mol. The third kappa shape index (κ3) is 2.40. The molecule has 0 bridgehead atoms. The van der Waals surface area contributed by atoms with E-state index in [1.807, 2.05) is 13.8 Å². The van der Waals surface area contributed by atoms with Crippen molar-refractivity contribution in [3.63, 3.8) is 0 Å². The third-order valence-electron chi connectivity index (χ3n) is 3.38. The molecule has 0 aromatic heterocycles. The number of rotatable bonds is 4. The quantitative estimate of drug-likeness (QED) is 0.721. The number of nitrogens with zero attached hydrogens (tertiary/aromatic N) is 1. The van der Waals surface area contributed by atoms with Crippen LogP contribution in [0.1, 0.15) is 20.3 Å². The van der Waals surface area contributed by atoms with Gasteiger partial charge in [-0.2, -0.15) is 12.7 Å². The number of fused-ring (bicyclic) bond motifs is 1. The fourth-order valence-electron chi connectivity index (χ4n) is 2.46. The Morgan fingerprint density at radius 2 is 2.19 bits per heavy atom. The van der Waals surface area contributed by atoms with Gasteiger partial charge < -0.3 is 5.32 Å². The lowest BCUT2D eigenvalue weighted by molar-refractivity contribution is 0.374. The summed E-state index contributed by atoms with van der Waals surface area (Å²) in [5.74, 6) is 0.852. The summed E-state index contributed by atoms with van der Waals surface area (Å²) in [5, 5.41) is 3.26. The molecule has 0 spiro atoms. The van der Waals surface area contributed by atoms with Crippen LogP contribution in [-0.4, -0.2) is 44.9 Å². The Morgan fingerprint density at radius 3 is 2.88 bits per heavy atom. The smallest absolute Gasteiger partial charge is 0.279 e.